The first kappa shape index (κ1) is 17.0. The Labute approximate surface area is 126 Å². The Morgan fingerprint density at radius 2 is 1.86 bits per heavy atom. The lowest BCUT2D eigenvalue weighted by Gasteiger charge is -2.31. The number of aryl methyl sites for hydroxylation is 1. The number of carbonyl (C=O) groups is 2. The summed E-state index contributed by atoms with van der Waals surface area (Å²) in [5.41, 5.74) is 0.812. The number of likely N-dealkylation sites (N-methyl/N-ethyl adjacent to an activating group) is 1. The molecule has 1 rings (SSSR count). The van der Waals surface area contributed by atoms with Crippen molar-refractivity contribution < 1.29 is 14.7 Å². The van der Waals surface area contributed by atoms with E-state index in [0.717, 1.165) is 12.8 Å². The van der Waals surface area contributed by atoms with Gasteiger partial charge in [-0.3, -0.25) is 0 Å². The Hall–Kier alpha value is -2.04. The fourth-order valence-electron chi connectivity index (χ4n) is 1.88. The SMILES string of the molecule is CC(C(=O)O)N(C)C(=O)NC(C)(C)CCc1ccccc1. The fraction of sp³-hybridized carbons (Fsp3) is 0.500. The summed E-state index contributed by atoms with van der Waals surface area (Å²) in [6.07, 6.45) is 1.63. The van der Waals surface area contributed by atoms with E-state index in [0.29, 0.717) is 0 Å². The van der Waals surface area contributed by atoms with Crippen LogP contribution in [0.15, 0.2) is 30.3 Å². The van der Waals surface area contributed by atoms with Crippen molar-refractivity contribution >= 4 is 12.0 Å². The van der Waals surface area contributed by atoms with Gasteiger partial charge in [-0.15, -0.1) is 0 Å². The van der Waals surface area contributed by atoms with Gasteiger partial charge in [0.2, 0.25) is 0 Å². The van der Waals surface area contributed by atoms with Crippen LogP contribution in [0.25, 0.3) is 0 Å². The number of carboxylic acids is 1. The van der Waals surface area contributed by atoms with E-state index < -0.39 is 17.6 Å². The summed E-state index contributed by atoms with van der Waals surface area (Å²) in [5, 5.41) is 11.8. The van der Waals surface area contributed by atoms with Crippen molar-refractivity contribution in [2.75, 3.05) is 7.05 Å². The van der Waals surface area contributed by atoms with Crippen molar-refractivity contribution in [3.63, 3.8) is 0 Å². The van der Waals surface area contributed by atoms with Crippen LogP contribution in [0, 0.1) is 0 Å². The monoisotopic (exact) mass is 292 g/mol. The maximum atomic E-state index is 12.1. The topological polar surface area (TPSA) is 69.6 Å². The molecule has 5 heteroatoms. The highest BCUT2D eigenvalue weighted by Crippen LogP contribution is 2.14. The number of rotatable bonds is 6. The maximum absolute atomic E-state index is 12.1. The lowest BCUT2D eigenvalue weighted by Crippen LogP contribution is -2.52. The van der Waals surface area contributed by atoms with Crippen molar-refractivity contribution in [2.24, 2.45) is 0 Å². The quantitative estimate of drug-likeness (QED) is 0.846. The van der Waals surface area contributed by atoms with Gasteiger partial charge in [-0.05, 0) is 39.2 Å². The molecule has 0 saturated heterocycles. The number of amides is 2. The molecule has 2 N–H and O–H groups in total. The predicted molar refractivity (Wildman–Crippen MR) is 82.2 cm³/mol. The van der Waals surface area contributed by atoms with Gasteiger partial charge >= 0.3 is 12.0 Å². The Bertz CT molecular complexity index is 486. The second-order valence-electron chi connectivity index (χ2n) is 5.92. The molecule has 0 aliphatic carbocycles. The van der Waals surface area contributed by atoms with Crippen LogP contribution in [0.4, 0.5) is 4.79 Å². The zero-order valence-electron chi connectivity index (χ0n) is 13.1. The molecule has 0 radical (unpaired) electrons. The van der Waals surface area contributed by atoms with E-state index in [-0.39, 0.29) is 6.03 Å². The van der Waals surface area contributed by atoms with Crippen LogP contribution in [0.3, 0.4) is 0 Å². The van der Waals surface area contributed by atoms with Crippen molar-refractivity contribution in [2.45, 2.75) is 45.2 Å². The molecular formula is C16H24N2O3. The van der Waals surface area contributed by atoms with E-state index in [1.165, 1.54) is 24.4 Å². The van der Waals surface area contributed by atoms with Gasteiger partial charge in [-0.2, -0.15) is 0 Å². The van der Waals surface area contributed by atoms with Gasteiger partial charge in [0.05, 0.1) is 0 Å². The lowest BCUT2D eigenvalue weighted by atomic mass is 9.95. The van der Waals surface area contributed by atoms with Gasteiger partial charge in [0, 0.05) is 12.6 Å². The molecule has 0 heterocycles. The molecule has 0 fully saturated rings. The molecular weight excluding hydrogens is 268 g/mol. The number of hydrogen-bond acceptors (Lipinski definition) is 2. The van der Waals surface area contributed by atoms with E-state index in [9.17, 15) is 9.59 Å². The van der Waals surface area contributed by atoms with Gasteiger partial charge in [-0.1, -0.05) is 30.3 Å². The number of carbonyl (C=O) groups excluding carboxylic acids is 1. The third-order valence-electron chi connectivity index (χ3n) is 3.59. The molecule has 5 nitrogen and oxygen atoms in total. The maximum Gasteiger partial charge on any atom is 0.326 e. The van der Waals surface area contributed by atoms with Crippen molar-refractivity contribution in [1.29, 1.82) is 0 Å². The van der Waals surface area contributed by atoms with E-state index in [4.69, 9.17) is 5.11 Å². The Balaban J connectivity index is 2.55. The smallest absolute Gasteiger partial charge is 0.326 e. The molecule has 0 bridgehead atoms. The largest absolute Gasteiger partial charge is 0.480 e. The Morgan fingerprint density at radius 3 is 2.38 bits per heavy atom. The normalized spacial score (nSPS) is 12.6. The molecule has 21 heavy (non-hydrogen) atoms. The number of nitrogens with zero attached hydrogens (tertiary/aromatic N) is 1. The van der Waals surface area contributed by atoms with Gasteiger partial charge in [0.1, 0.15) is 6.04 Å². The highest BCUT2D eigenvalue weighted by Gasteiger charge is 2.26. The average molecular weight is 292 g/mol. The van der Waals surface area contributed by atoms with E-state index in [1.807, 2.05) is 32.0 Å². The third-order valence-corrected chi connectivity index (χ3v) is 3.59. The number of aliphatic carboxylic acids is 1. The van der Waals surface area contributed by atoms with Gasteiger partial charge in [0.25, 0.3) is 0 Å². The minimum atomic E-state index is -1.02. The minimum absolute atomic E-state index is 0.372. The highest BCUT2D eigenvalue weighted by atomic mass is 16.4. The van der Waals surface area contributed by atoms with Gasteiger partial charge in [-0.25, -0.2) is 9.59 Å². The molecule has 0 saturated carbocycles. The second kappa shape index (κ2) is 7.11. The predicted octanol–water partition coefficient (Wildman–Crippen LogP) is 2.51. The molecule has 0 aromatic heterocycles. The number of urea groups is 1. The fourth-order valence-corrected chi connectivity index (χ4v) is 1.88. The second-order valence-corrected chi connectivity index (χ2v) is 5.92. The zero-order valence-corrected chi connectivity index (χ0v) is 13.1. The third kappa shape index (κ3) is 5.45. The van der Waals surface area contributed by atoms with Crippen LogP contribution in [-0.4, -0.2) is 40.6 Å². The summed E-state index contributed by atoms with van der Waals surface area (Å²) in [4.78, 5) is 24.2. The first-order valence-corrected chi connectivity index (χ1v) is 7.04. The van der Waals surface area contributed by atoms with Crippen LogP contribution < -0.4 is 5.32 Å². The molecule has 1 unspecified atom stereocenters. The van der Waals surface area contributed by atoms with E-state index in [1.54, 1.807) is 0 Å². The summed E-state index contributed by atoms with van der Waals surface area (Å²) >= 11 is 0. The molecule has 2 amide bonds. The summed E-state index contributed by atoms with van der Waals surface area (Å²) in [6.45, 7) is 5.36. The molecule has 116 valence electrons. The van der Waals surface area contributed by atoms with Crippen LogP contribution in [0.5, 0.6) is 0 Å². The van der Waals surface area contributed by atoms with Crippen molar-refractivity contribution in [3.05, 3.63) is 35.9 Å². The zero-order chi connectivity index (χ0) is 16.0. The number of nitrogens with one attached hydrogen (secondary N) is 1. The summed E-state index contributed by atoms with van der Waals surface area (Å²) in [6, 6.07) is 8.83. The van der Waals surface area contributed by atoms with Gasteiger partial charge < -0.3 is 15.3 Å². The van der Waals surface area contributed by atoms with Crippen molar-refractivity contribution in [3.8, 4) is 0 Å². The van der Waals surface area contributed by atoms with Gasteiger partial charge in [0.15, 0.2) is 0 Å². The standard InChI is InChI=1S/C16H24N2O3/c1-12(14(19)20)18(4)15(21)17-16(2,3)11-10-13-8-6-5-7-9-13/h5-9,12H,10-11H2,1-4H3,(H,17,21)(H,19,20). The number of benzene rings is 1. The molecule has 1 aromatic carbocycles. The summed E-state index contributed by atoms with van der Waals surface area (Å²) in [7, 11) is 1.49. The molecule has 0 aliphatic heterocycles. The molecule has 1 aromatic rings. The lowest BCUT2D eigenvalue weighted by molar-refractivity contribution is -0.141. The Kier molecular flexibility index (Phi) is 5.76. The highest BCUT2D eigenvalue weighted by molar-refractivity contribution is 5.82. The van der Waals surface area contributed by atoms with Crippen LogP contribution in [-0.2, 0) is 11.2 Å². The van der Waals surface area contributed by atoms with E-state index >= 15 is 0 Å². The number of hydrogen-bond donors (Lipinski definition) is 2. The average Bonchev–Trinajstić information content (AvgIpc) is 2.44. The first-order valence-electron chi connectivity index (χ1n) is 7.04. The molecule has 0 spiro atoms. The number of carboxylic acid groups (broad SMARTS) is 1. The molecule has 0 aliphatic rings. The first-order chi connectivity index (χ1) is 9.73. The van der Waals surface area contributed by atoms with Crippen LogP contribution >= 0.6 is 0 Å². The summed E-state index contributed by atoms with van der Waals surface area (Å²) < 4.78 is 0. The molecule has 1 atom stereocenters. The Morgan fingerprint density at radius 1 is 1.29 bits per heavy atom. The minimum Gasteiger partial charge on any atom is -0.480 e. The van der Waals surface area contributed by atoms with Crippen molar-refractivity contribution in [1.82, 2.24) is 10.2 Å². The van der Waals surface area contributed by atoms with Crippen LogP contribution in [0.1, 0.15) is 32.8 Å². The summed E-state index contributed by atoms with van der Waals surface area (Å²) in [5.74, 6) is -1.02. The van der Waals surface area contributed by atoms with E-state index in [2.05, 4.69) is 17.4 Å². The van der Waals surface area contributed by atoms with Crippen LogP contribution in [0.2, 0.25) is 0 Å².